The van der Waals surface area contributed by atoms with Gasteiger partial charge in [0.1, 0.15) is 17.9 Å². The summed E-state index contributed by atoms with van der Waals surface area (Å²) in [7, 11) is 0. The van der Waals surface area contributed by atoms with E-state index < -0.39 is 23.8 Å². The van der Waals surface area contributed by atoms with E-state index in [0.29, 0.717) is 33.7 Å². The predicted molar refractivity (Wildman–Crippen MR) is 228 cm³/mol. The number of anilines is 2. The summed E-state index contributed by atoms with van der Waals surface area (Å²) in [4.78, 5) is 76.3. The molecule has 4 aliphatic heterocycles. The molecule has 0 radical (unpaired) electrons. The van der Waals surface area contributed by atoms with Crippen LogP contribution in [0.4, 0.5) is 11.4 Å². The van der Waals surface area contributed by atoms with Gasteiger partial charge in [0.2, 0.25) is 11.8 Å². The first-order chi connectivity index (χ1) is 29.7. The third-order valence-electron chi connectivity index (χ3n) is 13.3. The monoisotopic (exact) mass is 822 g/mol. The third kappa shape index (κ3) is 8.39. The van der Waals surface area contributed by atoms with E-state index in [-0.39, 0.29) is 36.8 Å². The number of nitriles is 1. The van der Waals surface area contributed by atoms with Crippen molar-refractivity contribution in [1.82, 2.24) is 25.4 Å². The molecule has 3 saturated heterocycles. The maximum Gasteiger partial charge on any atom is 0.262 e. The van der Waals surface area contributed by atoms with Gasteiger partial charge >= 0.3 is 0 Å². The van der Waals surface area contributed by atoms with E-state index in [9.17, 15) is 29.2 Å². The Kier molecular flexibility index (Phi) is 11.4. The smallest absolute Gasteiger partial charge is 0.262 e. The van der Waals surface area contributed by atoms with Crippen molar-refractivity contribution in [3.8, 4) is 11.8 Å². The number of hydrogen-bond acceptors (Lipinski definition) is 11. The quantitative estimate of drug-likeness (QED) is 0.205. The van der Waals surface area contributed by atoms with Crippen molar-refractivity contribution in [2.24, 2.45) is 5.92 Å². The number of nitrogens with one attached hydrogen (secondary N) is 2. The first-order valence-corrected chi connectivity index (χ1v) is 21.7. The molecule has 9 rings (SSSR count). The normalized spacial score (nSPS) is 22.5. The van der Waals surface area contributed by atoms with Crippen molar-refractivity contribution in [2.75, 3.05) is 55.6 Å². The molecule has 14 heteroatoms. The molecule has 4 fully saturated rings. The number of fused-ring (bicyclic) bond motifs is 2. The topological polar surface area (TPSA) is 168 Å². The molecule has 0 bridgehead atoms. The number of carbonyl (C=O) groups is 5. The Morgan fingerprint density at radius 3 is 2.26 bits per heavy atom. The lowest BCUT2D eigenvalue weighted by atomic mass is 9.92. The van der Waals surface area contributed by atoms with Gasteiger partial charge in [-0.2, -0.15) is 5.26 Å². The Labute approximate surface area is 354 Å². The van der Waals surface area contributed by atoms with Crippen LogP contribution in [0.1, 0.15) is 94.4 Å². The van der Waals surface area contributed by atoms with Gasteiger partial charge in [0, 0.05) is 80.3 Å². The summed E-state index contributed by atoms with van der Waals surface area (Å²) < 4.78 is 6.38. The lowest BCUT2D eigenvalue weighted by Gasteiger charge is -2.38. The molecule has 2 N–H and O–H groups in total. The van der Waals surface area contributed by atoms with E-state index in [1.165, 1.54) is 0 Å². The molecular formula is C47H50N8O6. The van der Waals surface area contributed by atoms with Gasteiger partial charge in [-0.25, -0.2) is 0 Å². The van der Waals surface area contributed by atoms with E-state index in [1.807, 2.05) is 36.4 Å². The number of rotatable bonds is 10. The molecule has 4 aromatic rings. The van der Waals surface area contributed by atoms with Crippen molar-refractivity contribution in [3.63, 3.8) is 0 Å². The van der Waals surface area contributed by atoms with Crippen LogP contribution < -0.4 is 25.2 Å². The van der Waals surface area contributed by atoms with Crippen LogP contribution in [0.3, 0.4) is 0 Å². The zero-order chi connectivity index (χ0) is 42.0. The van der Waals surface area contributed by atoms with Crippen LogP contribution >= 0.6 is 0 Å². The van der Waals surface area contributed by atoms with Crippen LogP contribution in [-0.4, -0.2) is 108 Å². The second-order valence-electron chi connectivity index (χ2n) is 17.0. The first-order valence-electron chi connectivity index (χ1n) is 21.7. The van der Waals surface area contributed by atoms with Gasteiger partial charge in [-0.15, -0.1) is 0 Å². The maximum atomic E-state index is 13.3. The van der Waals surface area contributed by atoms with Gasteiger partial charge in [-0.1, -0.05) is 0 Å². The van der Waals surface area contributed by atoms with Crippen LogP contribution in [0.5, 0.6) is 5.75 Å². The molecule has 1 atom stereocenters. The fourth-order valence-electron chi connectivity index (χ4n) is 9.67. The number of carbonyl (C=O) groups excluding carboxylic acids is 5. The molecule has 3 aromatic carbocycles. The molecule has 5 heterocycles. The molecule has 0 spiro atoms. The fraction of sp³-hybridized carbons (Fsp3) is 0.426. The van der Waals surface area contributed by atoms with E-state index in [4.69, 9.17) is 4.74 Å². The summed E-state index contributed by atoms with van der Waals surface area (Å²) >= 11 is 0. The summed E-state index contributed by atoms with van der Waals surface area (Å²) in [5, 5.41) is 15.8. The van der Waals surface area contributed by atoms with Gasteiger partial charge in [0.15, 0.2) is 0 Å². The minimum atomic E-state index is -0.968. The number of pyridine rings is 1. The Balaban J connectivity index is 0.684. The Morgan fingerprint density at radius 2 is 1.52 bits per heavy atom. The van der Waals surface area contributed by atoms with Crippen molar-refractivity contribution >= 4 is 51.8 Å². The highest BCUT2D eigenvalue weighted by Crippen LogP contribution is 2.33. The van der Waals surface area contributed by atoms with Crippen LogP contribution in [0, 0.1) is 17.2 Å². The lowest BCUT2D eigenvalue weighted by molar-refractivity contribution is -0.136. The van der Waals surface area contributed by atoms with Gasteiger partial charge in [-0.05, 0) is 131 Å². The number of piperidine rings is 2. The molecule has 5 amide bonds. The van der Waals surface area contributed by atoms with Crippen molar-refractivity contribution in [1.29, 1.82) is 5.26 Å². The van der Waals surface area contributed by atoms with Crippen molar-refractivity contribution < 1.29 is 28.7 Å². The zero-order valence-corrected chi connectivity index (χ0v) is 34.2. The average molecular weight is 823 g/mol. The van der Waals surface area contributed by atoms with Gasteiger partial charge in [0.05, 0.1) is 28.3 Å². The van der Waals surface area contributed by atoms with Gasteiger partial charge in [0.25, 0.3) is 17.7 Å². The van der Waals surface area contributed by atoms with Gasteiger partial charge in [-0.3, -0.25) is 44.1 Å². The van der Waals surface area contributed by atoms with Crippen molar-refractivity contribution in [2.45, 2.75) is 76.0 Å². The highest BCUT2D eigenvalue weighted by atomic mass is 16.5. The largest absolute Gasteiger partial charge is 0.490 e. The zero-order valence-electron chi connectivity index (χ0n) is 34.2. The third-order valence-corrected chi connectivity index (χ3v) is 13.3. The molecule has 1 saturated carbocycles. The SMILES string of the molecule is N#Cc1ccc(O[C@H]2CC[C@H](NC(=O)c3ccc(N4CCC(CCN5CCN(c6ccc7c(c6)C(=O)N(C6CCC(=O)NC6=O)C7=O)CC5)CC4)cc3)CC2)c2cccnc12. The van der Waals surface area contributed by atoms with Crippen LogP contribution in [-0.2, 0) is 9.59 Å². The Morgan fingerprint density at radius 1 is 0.803 bits per heavy atom. The molecular weight excluding hydrogens is 773 g/mol. The number of benzene rings is 3. The summed E-state index contributed by atoms with van der Waals surface area (Å²) in [6.45, 7) is 6.48. The number of ether oxygens (including phenoxy) is 1. The fourth-order valence-corrected chi connectivity index (χ4v) is 9.67. The number of amides is 5. The predicted octanol–water partition coefficient (Wildman–Crippen LogP) is 5.06. The minimum Gasteiger partial charge on any atom is -0.490 e. The van der Waals surface area contributed by atoms with E-state index in [2.05, 4.69) is 48.5 Å². The second-order valence-corrected chi connectivity index (χ2v) is 17.0. The molecule has 14 nitrogen and oxygen atoms in total. The number of hydrogen-bond donors (Lipinski definition) is 2. The van der Waals surface area contributed by atoms with Crippen molar-refractivity contribution in [3.05, 3.63) is 95.2 Å². The Bertz CT molecular complexity index is 2390. The summed E-state index contributed by atoms with van der Waals surface area (Å²) in [5.74, 6) is -0.598. The van der Waals surface area contributed by atoms with Crippen LogP contribution in [0.15, 0.2) is 72.9 Å². The first kappa shape index (κ1) is 40.1. The highest BCUT2D eigenvalue weighted by Gasteiger charge is 2.45. The Hall–Kier alpha value is -6.33. The number of nitrogens with zero attached hydrogens (tertiary/aromatic N) is 6. The van der Waals surface area contributed by atoms with Crippen LogP contribution in [0.2, 0.25) is 0 Å². The standard InChI is InChI=1S/C47H50N8O6/c48-29-32-5-15-41(38-2-1-20-49-43(32)38)61-36-11-6-33(7-12-36)50-44(57)31-3-8-34(9-4-31)53-22-18-30(19-23-53)17-21-52-24-26-54(27-25-52)35-10-13-37-39(28-35)47(60)55(46(37)59)40-14-16-42(56)51-45(40)58/h1-5,8-10,13,15,20,28,30,33,36,40H,6-7,11-12,14,16-19,21-27H2,(H,50,57)(H,51,56,58)/t33-,36-,40?. The summed E-state index contributed by atoms with van der Waals surface area (Å²) in [6, 6.07) is 22.1. The molecule has 1 aliphatic carbocycles. The van der Waals surface area contributed by atoms with E-state index in [1.54, 1.807) is 24.4 Å². The summed E-state index contributed by atoms with van der Waals surface area (Å²) in [6.07, 6.45) is 8.72. The number of imide groups is 2. The van der Waals surface area contributed by atoms with Crippen LogP contribution in [0.25, 0.3) is 10.9 Å². The number of aromatic nitrogens is 1. The number of piperazine rings is 1. The highest BCUT2D eigenvalue weighted by molar-refractivity contribution is 6.23. The lowest BCUT2D eigenvalue weighted by Crippen LogP contribution is -2.54. The van der Waals surface area contributed by atoms with Gasteiger partial charge < -0.3 is 19.9 Å². The van der Waals surface area contributed by atoms with E-state index >= 15 is 0 Å². The van der Waals surface area contributed by atoms with E-state index in [0.717, 1.165) is 118 Å². The maximum absolute atomic E-state index is 13.3. The second kappa shape index (κ2) is 17.3. The molecule has 1 unspecified atom stereocenters. The molecule has 1 aromatic heterocycles. The average Bonchev–Trinajstić information content (AvgIpc) is 3.54. The summed E-state index contributed by atoms with van der Waals surface area (Å²) in [5.41, 5.74) is 4.51. The minimum absolute atomic E-state index is 0.0427. The molecule has 314 valence electrons. The molecule has 61 heavy (non-hydrogen) atoms. The molecule has 5 aliphatic rings.